The van der Waals surface area contributed by atoms with Gasteiger partial charge in [-0.3, -0.25) is 9.89 Å². The molecule has 2 rings (SSSR count). The first-order valence-electron chi connectivity index (χ1n) is 4.37. The molecule has 0 spiro atoms. The molecule has 1 heterocycles. The molecular weight excluding hydrogens is 176 g/mol. The van der Waals surface area contributed by atoms with Crippen LogP contribution in [0.5, 0.6) is 0 Å². The summed E-state index contributed by atoms with van der Waals surface area (Å²) in [7, 11) is 0. The first-order chi connectivity index (χ1) is 6.83. The summed E-state index contributed by atoms with van der Waals surface area (Å²) in [5, 5.41) is 6.73. The van der Waals surface area contributed by atoms with E-state index in [0.29, 0.717) is 5.56 Å². The lowest BCUT2D eigenvalue weighted by atomic mass is 10.0. The van der Waals surface area contributed by atoms with E-state index in [-0.39, 0.29) is 0 Å². The fourth-order valence-corrected chi connectivity index (χ4v) is 1.55. The van der Waals surface area contributed by atoms with Gasteiger partial charge in [0.1, 0.15) is 0 Å². The second-order valence-corrected chi connectivity index (χ2v) is 3.13. The number of H-pyrrole nitrogens is 1. The molecule has 0 radical (unpaired) electrons. The second kappa shape index (κ2) is 3.46. The summed E-state index contributed by atoms with van der Waals surface area (Å²) < 4.78 is 0. The standard InChI is InChI=1S/C11H10N2O/c1-8-3-2-4-9(7-14)11(8)10-5-6-12-13-10/h2-7H,1H3,(H,12,13). The number of benzene rings is 1. The Hall–Kier alpha value is -1.90. The lowest BCUT2D eigenvalue weighted by molar-refractivity contribution is 0.112. The molecule has 0 amide bonds. The largest absolute Gasteiger partial charge is 0.298 e. The Morgan fingerprint density at radius 2 is 2.21 bits per heavy atom. The third-order valence-corrected chi connectivity index (χ3v) is 2.20. The van der Waals surface area contributed by atoms with Gasteiger partial charge in [-0.15, -0.1) is 0 Å². The maximum absolute atomic E-state index is 10.8. The molecule has 1 aromatic heterocycles. The zero-order chi connectivity index (χ0) is 9.97. The highest BCUT2D eigenvalue weighted by atomic mass is 16.1. The van der Waals surface area contributed by atoms with E-state index in [0.717, 1.165) is 23.1 Å². The molecule has 1 N–H and O–H groups in total. The second-order valence-electron chi connectivity index (χ2n) is 3.13. The van der Waals surface area contributed by atoms with E-state index in [1.54, 1.807) is 12.3 Å². The van der Waals surface area contributed by atoms with Crippen molar-refractivity contribution in [1.82, 2.24) is 10.2 Å². The van der Waals surface area contributed by atoms with Crippen molar-refractivity contribution in [3.05, 3.63) is 41.6 Å². The number of nitrogens with zero attached hydrogens (tertiary/aromatic N) is 1. The van der Waals surface area contributed by atoms with Crippen molar-refractivity contribution in [2.75, 3.05) is 0 Å². The number of rotatable bonds is 2. The molecule has 3 heteroatoms. The molecule has 14 heavy (non-hydrogen) atoms. The van der Waals surface area contributed by atoms with Crippen LogP contribution < -0.4 is 0 Å². The van der Waals surface area contributed by atoms with Crippen LogP contribution in [0.1, 0.15) is 15.9 Å². The predicted octanol–water partition coefficient (Wildman–Crippen LogP) is 2.20. The zero-order valence-corrected chi connectivity index (χ0v) is 7.82. The SMILES string of the molecule is Cc1cccc(C=O)c1-c1ccn[nH]1. The molecule has 3 nitrogen and oxygen atoms in total. The summed E-state index contributed by atoms with van der Waals surface area (Å²) in [6, 6.07) is 7.51. The minimum atomic E-state index is 0.689. The van der Waals surface area contributed by atoms with E-state index in [1.165, 1.54) is 0 Å². The summed E-state index contributed by atoms with van der Waals surface area (Å²) in [6.45, 7) is 1.98. The van der Waals surface area contributed by atoms with Crippen LogP contribution in [0.25, 0.3) is 11.3 Å². The smallest absolute Gasteiger partial charge is 0.150 e. The van der Waals surface area contributed by atoms with E-state index >= 15 is 0 Å². The Bertz CT molecular complexity index is 446. The minimum Gasteiger partial charge on any atom is -0.298 e. The van der Waals surface area contributed by atoms with Gasteiger partial charge in [0.05, 0.1) is 5.69 Å². The molecular formula is C11H10N2O. The number of hydrogen-bond donors (Lipinski definition) is 1. The van der Waals surface area contributed by atoms with Crippen LogP contribution >= 0.6 is 0 Å². The number of aldehydes is 1. The Balaban J connectivity index is 2.67. The number of nitrogens with one attached hydrogen (secondary N) is 1. The van der Waals surface area contributed by atoms with Crippen LogP contribution in [-0.4, -0.2) is 16.5 Å². The molecule has 0 saturated carbocycles. The maximum Gasteiger partial charge on any atom is 0.150 e. The number of hydrogen-bond acceptors (Lipinski definition) is 2. The van der Waals surface area contributed by atoms with E-state index in [4.69, 9.17) is 0 Å². The van der Waals surface area contributed by atoms with Gasteiger partial charge in [-0.1, -0.05) is 18.2 Å². The topological polar surface area (TPSA) is 45.8 Å². The minimum absolute atomic E-state index is 0.689. The summed E-state index contributed by atoms with van der Waals surface area (Å²) >= 11 is 0. The fourth-order valence-electron chi connectivity index (χ4n) is 1.55. The lowest BCUT2D eigenvalue weighted by Gasteiger charge is -2.05. The highest BCUT2D eigenvalue weighted by Gasteiger charge is 2.07. The summed E-state index contributed by atoms with van der Waals surface area (Å²) in [5.74, 6) is 0. The molecule has 0 fully saturated rings. The van der Waals surface area contributed by atoms with Crippen LogP contribution in [-0.2, 0) is 0 Å². The summed E-state index contributed by atoms with van der Waals surface area (Å²) in [4.78, 5) is 10.8. The molecule has 1 aromatic carbocycles. The molecule has 0 bridgehead atoms. The van der Waals surface area contributed by atoms with Crippen molar-refractivity contribution in [1.29, 1.82) is 0 Å². The maximum atomic E-state index is 10.8. The number of aromatic nitrogens is 2. The van der Waals surface area contributed by atoms with Crippen LogP contribution in [0.15, 0.2) is 30.5 Å². The van der Waals surface area contributed by atoms with Gasteiger partial charge in [-0.25, -0.2) is 0 Å². The van der Waals surface area contributed by atoms with E-state index in [2.05, 4.69) is 10.2 Å². The first kappa shape index (κ1) is 8.69. The van der Waals surface area contributed by atoms with E-state index in [9.17, 15) is 4.79 Å². The fraction of sp³-hybridized carbons (Fsp3) is 0.0909. The third kappa shape index (κ3) is 1.33. The highest BCUT2D eigenvalue weighted by molar-refractivity contribution is 5.87. The highest BCUT2D eigenvalue weighted by Crippen LogP contribution is 2.23. The normalized spacial score (nSPS) is 10.1. The van der Waals surface area contributed by atoms with Crippen LogP contribution in [0, 0.1) is 6.92 Å². The molecule has 0 aliphatic heterocycles. The Kier molecular flexibility index (Phi) is 2.14. The number of carbonyl (C=O) groups excluding carboxylic acids is 1. The van der Waals surface area contributed by atoms with Gasteiger partial charge in [0.15, 0.2) is 6.29 Å². The van der Waals surface area contributed by atoms with Crippen LogP contribution in [0.2, 0.25) is 0 Å². The predicted molar refractivity (Wildman–Crippen MR) is 54.1 cm³/mol. The van der Waals surface area contributed by atoms with E-state index in [1.807, 2.05) is 25.1 Å². The van der Waals surface area contributed by atoms with Crippen molar-refractivity contribution in [3.8, 4) is 11.3 Å². The van der Waals surface area contributed by atoms with Gasteiger partial charge in [0.2, 0.25) is 0 Å². The van der Waals surface area contributed by atoms with Crippen LogP contribution in [0.4, 0.5) is 0 Å². The van der Waals surface area contributed by atoms with Gasteiger partial charge in [-0.05, 0) is 18.6 Å². The van der Waals surface area contributed by atoms with Gasteiger partial charge in [0.25, 0.3) is 0 Å². The number of carbonyl (C=O) groups is 1. The number of aromatic amines is 1. The average molecular weight is 186 g/mol. The first-order valence-corrected chi connectivity index (χ1v) is 4.37. The van der Waals surface area contributed by atoms with Crippen molar-refractivity contribution < 1.29 is 4.79 Å². The molecule has 0 aliphatic rings. The Morgan fingerprint density at radius 1 is 1.36 bits per heavy atom. The van der Waals surface area contributed by atoms with Gasteiger partial charge in [-0.2, -0.15) is 5.10 Å². The third-order valence-electron chi connectivity index (χ3n) is 2.20. The van der Waals surface area contributed by atoms with Gasteiger partial charge >= 0.3 is 0 Å². The molecule has 0 atom stereocenters. The van der Waals surface area contributed by atoms with Crippen molar-refractivity contribution >= 4 is 6.29 Å². The molecule has 70 valence electrons. The Morgan fingerprint density at radius 3 is 2.86 bits per heavy atom. The van der Waals surface area contributed by atoms with Gasteiger partial charge < -0.3 is 0 Å². The molecule has 0 unspecified atom stereocenters. The van der Waals surface area contributed by atoms with Crippen LogP contribution in [0.3, 0.4) is 0 Å². The Labute approximate surface area is 81.8 Å². The quantitative estimate of drug-likeness (QED) is 0.731. The zero-order valence-electron chi connectivity index (χ0n) is 7.82. The monoisotopic (exact) mass is 186 g/mol. The molecule has 0 aliphatic carbocycles. The number of aryl methyl sites for hydroxylation is 1. The van der Waals surface area contributed by atoms with Crippen molar-refractivity contribution in [2.24, 2.45) is 0 Å². The average Bonchev–Trinajstić information content (AvgIpc) is 2.70. The summed E-state index contributed by atoms with van der Waals surface area (Å²) in [6.07, 6.45) is 2.54. The van der Waals surface area contributed by atoms with Gasteiger partial charge in [0, 0.05) is 17.3 Å². The summed E-state index contributed by atoms with van der Waals surface area (Å²) in [5.41, 5.74) is 3.57. The van der Waals surface area contributed by atoms with E-state index < -0.39 is 0 Å². The van der Waals surface area contributed by atoms with Crippen molar-refractivity contribution in [2.45, 2.75) is 6.92 Å². The van der Waals surface area contributed by atoms with Crippen molar-refractivity contribution in [3.63, 3.8) is 0 Å². The molecule has 0 saturated heterocycles. The molecule has 2 aromatic rings. The lowest BCUT2D eigenvalue weighted by Crippen LogP contribution is -1.91.